The van der Waals surface area contributed by atoms with Gasteiger partial charge in [-0.1, -0.05) is 17.7 Å². The number of hydrogen-bond acceptors (Lipinski definition) is 3. The number of hydrogen-bond donors (Lipinski definition) is 2. The summed E-state index contributed by atoms with van der Waals surface area (Å²) in [6, 6.07) is 5.55. The van der Waals surface area contributed by atoms with E-state index in [2.05, 4.69) is 4.90 Å². The zero-order valence-electron chi connectivity index (χ0n) is 9.36. The molecule has 1 fully saturated rings. The standard InChI is InChI=1S/C12H17ClN2O/c1-15(7-8-5-9(16)6-8)12-10(13)3-2-4-11(12)14/h2-4,8-9,16H,5-7,14H2,1H3. The summed E-state index contributed by atoms with van der Waals surface area (Å²) < 4.78 is 0. The molecule has 0 aliphatic heterocycles. The number of anilines is 2. The van der Waals surface area contributed by atoms with Gasteiger partial charge in [-0.2, -0.15) is 0 Å². The number of aliphatic hydroxyl groups excluding tert-OH is 1. The number of nitrogens with two attached hydrogens (primary N) is 1. The molecule has 0 radical (unpaired) electrons. The molecule has 1 aliphatic rings. The van der Waals surface area contributed by atoms with E-state index in [-0.39, 0.29) is 6.10 Å². The lowest BCUT2D eigenvalue weighted by Gasteiger charge is -2.35. The predicted molar refractivity (Wildman–Crippen MR) is 67.9 cm³/mol. The van der Waals surface area contributed by atoms with Crippen LogP contribution < -0.4 is 10.6 Å². The molecule has 16 heavy (non-hydrogen) atoms. The van der Waals surface area contributed by atoms with E-state index in [1.165, 1.54) is 0 Å². The van der Waals surface area contributed by atoms with Crippen LogP contribution in [0.4, 0.5) is 11.4 Å². The van der Waals surface area contributed by atoms with Crippen LogP contribution in [0.5, 0.6) is 0 Å². The molecule has 1 aromatic carbocycles. The summed E-state index contributed by atoms with van der Waals surface area (Å²) in [5.41, 5.74) is 7.51. The maximum atomic E-state index is 9.24. The van der Waals surface area contributed by atoms with Gasteiger partial charge >= 0.3 is 0 Å². The molecule has 1 aliphatic carbocycles. The predicted octanol–water partition coefficient (Wildman–Crippen LogP) is 2.13. The summed E-state index contributed by atoms with van der Waals surface area (Å²) >= 11 is 6.13. The van der Waals surface area contributed by atoms with Crippen molar-refractivity contribution in [2.24, 2.45) is 5.92 Å². The first-order valence-corrected chi connectivity index (χ1v) is 5.89. The molecule has 0 bridgehead atoms. The zero-order chi connectivity index (χ0) is 11.7. The normalized spacial score (nSPS) is 23.9. The van der Waals surface area contributed by atoms with E-state index in [1.807, 2.05) is 25.2 Å². The fourth-order valence-corrected chi connectivity index (χ4v) is 2.59. The van der Waals surface area contributed by atoms with Gasteiger partial charge in [0.1, 0.15) is 0 Å². The molecule has 1 aromatic rings. The van der Waals surface area contributed by atoms with Crippen molar-refractivity contribution in [1.82, 2.24) is 0 Å². The summed E-state index contributed by atoms with van der Waals surface area (Å²) in [5, 5.41) is 9.92. The number of nitrogens with zero attached hydrogens (tertiary/aromatic N) is 1. The lowest BCUT2D eigenvalue weighted by molar-refractivity contribution is 0.0465. The Kier molecular flexibility index (Phi) is 3.26. The van der Waals surface area contributed by atoms with E-state index in [4.69, 9.17) is 17.3 Å². The first-order chi connectivity index (χ1) is 7.58. The lowest BCUT2D eigenvalue weighted by atomic mass is 9.82. The molecule has 0 amide bonds. The zero-order valence-corrected chi connectivity index (χ0v) is 10.1. The molecule has 1 saturated carbocycles. The third-order valence-electron chi connectivity index (χ3n) is 3.14. The van der Waals surface area contributed by atoms with Gasteiger partial charge in [0.15, 0.2) is 0 Å². The lowest BCUT2D eigenvalue weighted by Crippen LogP contribution is -2.37. The summed E-state index contributed by atoms with van der Waals surface area (Å²) in [7, 11) is 1.99. The fourth-order valence-electron chi connectivity index (χ4n) is 2.26. The van der Waals surface area contributed by atoms with Gasteiger partial charge in [0, 0.05) is 13.6 Å². The van der Waals surface area contributed by atoms with Crippen molar-refractivity contribution in [3.8, 4) is 0 Å². The Morgan fingerprint density at radius 3 is 2.75 bits per heavy atom. The van der Waals surface area contributed by atoms with E-state index < -0.39 is 0 Å². The van der Waals surface area contributed by atoms with Crippen LogP contribution in [-0.2, 0) is 0 Å². The molecule has 0 unspecified atom stereocenters. The molecule has 0 aromatic heterocycles. The van der Waals surface area contributed by atoms with Gasteiger partial charge in [-0.3, -0.25) is 0 Å². The first kappa shape index (κ1) is 11.6. The second kappa shape index (κ2) is 4.52. The Hall–Kier alpha value is -0.930. The second-order valence-corrected chi connectivity index (χ2v) is 4.96. The molecular formula is C12H17ClN2O. The van der Waals surface area contributed by atoms with Gasteiger partial charge < -0.3 is 15.7 Å². The second-order valence-electron chi connectivity index (χ2n) is 4.55. The highest BCUT2D eigenvalue weighted by Crippen LogP contribution is 2.34. The van der Waals surface area contributed by atoms with E-state index >= 15 is 0 Å². The minimum absolute atomic E-state index is 0.109. The van der Waals surface area contributed by atoms with E-state index in [0.717, 1.165) is 25.1 Å². The third kappa shape index (κ3) is 2.25. The van der Waals surface area contributed by atoms with Gasteiger partial charge in [0.2, 0.25) is 0 Å². The van der Waals surface area contributed by atoms with E-state index in [0.29, 0.717) is 16.6 Å². The number of nitrogen functional groups attached to an aromatic ring is 1. The fraction of sp³-hybridized carbons (Fsp3) is 0.500. The minimum atomic E-state index is -0.109. The van der Waals surface area contributed by atoms with Gasteiger partial charge in [0.25, 0.3) is 0 Å². The van der Waals surface area contributed by atoms with Crippen molar-refractivity contribution in [2.45, 2.75) is 18.9 Å². The Balaban J connectivity index is 2.05. The topological polar surface area (TPSA) is 49.5 Å². The van der Waals surface area contributed by atoms with Gasteiger partial charge in [-0.25, -0.2) is 0 Å². The highest BCUT2D eigenvalue weighted by molar-refractivity contribution is 6.33. The van der Waals surface area contributed by atoms with Crippen LogP contribution in [0.15, 0.2) is 18.2 Å². The molecular weight excluding hydrogens is 224 g/mol. The van der Waals surface area contributed by atoms with Crippen LogP contribution in [0.25, 0.3) is 0 Å². The number of rotatable bonds is 3. The van der Waals surface area contributed by atoms with Crippen LogP contribution >= 0.6 is 11.6 Å². The van der Waals surface area contributed by atoms with Crippen molar-refractivity contribution in [3.63, 3.8) is 0 Å². The molecule has 0 saturated heterocycles. The van der Waals surface area contributed by atoms with Crippen molar-refractivity contribution >= 4 is 23.0 Å². The van der Waals surface area contributed by atoms with E-state index in [9.17, 15) is 5.11 Å². The smallest absolute Gasteiger partial charge is 0.0786 e. The number of halogens is 1. The van der Waals surface area contributed by atoms with Crippen molar-refractivity contribution in [1.29, 1.82) is 0 Å². The van der Waals surface area contributed by atoms with Crippen LogP contribution in [0.3, 0.4) is 0 Å². The van der Waals surface area contributed by atoms with E-state index in [1.54, 1.807) is 0 Å². The third-order valence-corrected chi connectivity index (χ3v) is 3.45. The molecule has 4 heteroatoms. The van der Waals surface area contributed by atoms with Crippen LogP contribution in [0, 0.1) is 5.92 Å². The van der Waals surface area contributed by atoms with Crippen LogP contribution in [0.1, 0.15) is 12.8 Å². The number of para-hydroxylation sites is 1. The summed E-state index contributed by atoms with van der Waals surface area (Å²) in [6.07, 6.45) is 1.66. The number of benzene rings is 1. The molecule has 0 heterocycles. The molecule has 3 N–H and O–H groups in total. The van der Waals surface area contributed by atoms with Crippen molar-refractivity contribution in [2.75, 3.05) is 24.2 Å². The van der Waals surface area contributed by atoms with Crippen molar-refractivity contribution in [3.05, 3.63) is 23.2 Å². The average Bonchev–Trinajstić information content (AvgIpc) is 2.15. The maximum Gasteiger partial charge on any atom is 0.0786 e. The maximum absolute atomic E-state index is 9.24. The molecule has 88 valence electrons. The summed E-state index contributed by atoms with van der Waals surface area (Å²) in [6.45, 7) is 0.894. The highest BCUT2D eigenvalue weighted by atomic mass is 35.5. The summed E-state index contributed by atoms with van der Waals surface area (Å²) in [5.74, 6) is 0.552. The quantitative estimate of drug-likeness (QED) is 0.796. The Labute approximate surface area is 101 Å². The Bertz CT molecular complexity index is 357. The van der Waals surface area contributed by atoms with Gasteiger partial charge in [-0.05, 0) is 30.9 Å². The highest BCUT2D eigenvalue weighted by Gasteiger charge is 2.28. The van der Waals surface area contributed by atoms with Gasteiger partial charge in [-0.15, -0.1) is 0 Å². The average molecular weight is 241 g/mol. The molecule has 3 nitrogen and oxygen atoms in total. The number of aliphatic hydroxyl groups is 1. The van der Waals surface area contributed by atoms with Gasteiger partial charge in [0.05, 0.1) is 22.5 Å². The monoisotopic (exact) mass is 240 g/mol. The molecule has 0 atom stereocenters. The SMILES string of the molecule is CN(CC1CC(O)C1)c1c(N)cccc1Cl. The Morgan fingerprint density at radius 2 is 2.19 bits per heavy atom. The molecule has 2 rings (SSSR count). The van der Waals surface area contributed by atoms with Crippen LogP contribution in [0.2, 0.25) is 5.02 Å². The largest absolute Gasteiger partial charge is 0.397 e. The molecule has 0 spiro atoms. The van der Waals surface area contributed by atoms with Crippen LogP contribution in [-0.4, -0.2) is 24.8 Å². The minimum Gasteiger partial charge on any atom is -0.397 e. The first-order valence-electron chi connectivity index (χ1n) is 5.51. The van der Waals surface area contributed by atoms with Crippen molar-refractivity contribution < 1.29 is 5.11 Å². The summed E-state index contributed by atoms with van der Waals surface area (Å²) in [4.78, 5) is 2.08. The Morgan fingerprint density at radius 1 is 1.50 bits per heavy atom.